The van der Waals surface area contributed by atoms with Crippen molar-refractivity contribution < 1.29 is 80.2 Å². The standard InChI is InChI=1S/C83H144O17P2/c1-5-9-13-17-21-25-29-33-35-37-38-40-42-46-50-54-58-62-66-70-83(88)100-79(74-94-81(86)68-64-60-56-52-48-44-32-28-24-20-16-12-8-4)76-98-102(91,92)96-72-77(84)71-95-101(89,90)97-75-78(73-93-80(85)67-63-59-55-51-47-43-31-27-23-19-15-11-7-3)99-82(87)69-65-61-57-53-49-45-41-39-36-34-30-26-22-18-14-10-6-2/h21-22,25-26,33-36,38,40-41,45-46,50,53,57-58,62,77-79,84H,5-20,23-24,27-32,37,39,42-44,47-49,51-52,54-56,59-61,63-76H2,1-4H3,(H,89,90)(H,91,92)/b25-21-,26-22-,35-33-,36-34-,40-38-,45-41-,50-46-,57-53-,62-58-/t77-,78+,79+/m0/s1. The predicted octanol–water partition coefficient (Wildman–Crippen LogP) is 23.3. The van der Waals surface area contributed by atoms with Crippen molar-refractivity contribution in [2.45, 2.75) is 354 Å². The fraction of sp³-hybridized carbons (Fsp3) is 0.735. The monoisotopic (exact) mass is 1470 g/mol. The number of esters is 4. The van der Waals surface area contributed by atoms with Crippen molar-refractivity contribution in [3.8, 4) is 0 Å². The topological polar surface area (TPSA) is 237 Å². The number of carbonyl (C=O) groups is 4. The van der Waals surface area contributed by atoms with Crippen molar-refractivity contribution in [3.63, 3.8) is 0 Å². The number of rotatable bonds is 75. The van der Waals surface area contributed by atoms with Crippen LogP contribution in [0.2, 0.25) is 0 Å². The highest BCUT2D eigenvalue weighted by atomic mass is 31.2. The highest BCUT2D eigenvalue weighted by Crippen LogP contribution is 2.45. The summed E-state index contributed by atoms with van der Waals surface area (Å²) in [6.07, 6.45) is 80.9. The molecule has 0 aliphatic heterocycles. The van der Waals surface area contributed by atoms with Gasteiger partial charge in [-0.1, -0.05) is 317 Å². The minimum absolute atomic E-state index is 0.0185. The van der Waals surface area contributed by atoms with E-state index in [-0.39, 0.29) is 25.7 Å². The van der Waals surface area contributed by atoms with Crippen LogP contribution in [0, 0.1) is 0 Å². The first-order chi connectivity index (χ1) is 49.7. The first-order valence-electron chi connectivity index (χ1n) is 40.1. The molecule has 102 heavy (non-hydrogen) atoms. The van der Waals surface area contributed by atoms with Crippen LogP contribution in [0.3, 0.4) is 0 Å². The van der Waals surface area contributed by atoms with E-state index in [9.17, 15) is 43.2 Å². The maximum absolute atomic E-state index is 13.1. The van der Waals surface area contributed by atoms with Crippen molar-refractivity contribution in [1.29, 1.82) is 0 Å². The summed E-state index contributed by atoms with van der Waals surface area (Å²) in [6.45, 7) is 4.70. The smallest absolute Gasteiger partial charge is 0.462 e. The highest BCUT2D eigenvalue weighted by Gasteiger charge is 2.30. The van der Waals surface area contributed by atoms with Crippen LogP contribution in [0.15, 0.2) is 109 Å². The highest BCUT2D eigenvalue weighted by molar-refractivity contribution is 7.47. The SMILES string of the molecule is CCCCC/C=C\C/C=C\C/C=C\C/C=C\C/C=C\CCC(=O)O[C@H](COC(=O)CCCCCCCCCCCCCCC)COP(=O)(O)OC[C@@H](O)COP(=O)(O)OC[C@@H](COC(=O)CCCCCCCCCCCCCCC)OC(=O)CCC/C=C\C/C=C\C/C=C\C/C=C\CCCCC. The number of aliphatic hydroxyl groups is 1. The summed E-state index contributed by atoms with van der Waals surface area (Å²) >= 11 is 0. The molecule has 0 aromatic rings. The zero-order chi connectivity index (χ0) is 74.6. The maximum Gasteiger partial charge on any atom is 0.472 e. The van der Waals surface area contributed by atoms with Gasteiger partial charge >= 0.3 is 39.5 Å². The molecule has 0 bridgehead atoms. The molecule has 0 spiro atoms. The first kappa shape index (κ1) is 97.7. The molecule has 0 aliphatic rings. The predicted molar refractivity (Wildman–Crippen MR) is 418 cm³/mol. The number of phosphoric ester groups is 2. The van der Waals surface area contributed by atoms with Gasteiger partial charge in [0, 0.05) is 25.7 Å². The molecule has 0 amide bonds. The largest absolute Gasteiger partial charge is 0.472 e. The molecule has 2 unspecified atom stereocenters. The summed E-state index contributed by atoms with van der Waals surface area (Å²) in [7, 11) is -9.99. The van der Waals surface area contributed by atoms with Crippen molar-refractivity contribution in [1.82, 2.24) is 0 Å². The van der Waals surface area contributed by atoms with Crippen LogP contribution in [-0.4, -0.2) is 96.7 Å². The van der Waals surface area contributed by atoms with Crippen LogP contribution >= 0.6 is 15.6 Å². The molecule has 0 aromatic heterocycles. The number of phosphoric acid groups is 2. The molecule has 0 rings (SSSR count). The van der Waals surface area contributed by atoms with E-state index < -0.39 is 97.5 Å². The van der Waals surface area contributed by atoms with Crippen LogP contribution in [0.5, 0.6) is 0 Å². The Labute approximate surface area is 619 Å². The van der Waals surface area contributed by atoms with Crippen molar-refractivity contribution in [3.05, 3.63) is 109 Å². The van der Waals surface area contributed by atoms with Gasteiger partial charge in [0.25, 0.3) is 0 Å². The first-order valence-corrected chi connectivity index (χ1v) is 43.1. The van der Waals surface area contributed by atoms with Crippen LogP contribution < -0.4 is 0 Å². The number of hydrogen-bond donors (Lipinski definition) is 3. The number of hydrogen-bond acceptors (Lipinski definition) is 15. The lowest BCUT2D eigenvalue weighted by Gasteiger charge is -2.21. The van der Waals surface area contributed by atoms with E-state index in [1.807, 2.05) is 30.4 Å². The summed E-state index contributed by atoms with van der Waals surface area (Å²) in [6, 6.07) is 0. The Bertz CT molecular complexity index is 2360. The second kappa shape index (κ2) is 75.0. The van der Waals surface area contributed by atoms with E-state index in [4.69, 9.17) is 37.0 Å². The molecular formula is C83H144O17P2. The summed E-state index contributed by atoms with van der Waals surface area (Å²) in [5.74, 6) is -2.32. The van der Waals surface area contributed by atoms with Gasteiger partial charge in [-0.05, 0) is 103 Å². The zero-order valence-electron chi connectivity index (χ0n) is 64.3. The van der Waals surface area contributed by atoms with E-state index in [0.29, 0.717) is 38.5 Å². The Morgan fingerprint density at radius 1 is 0.275 bits per heavy atom. The third-order valence-electron chi connectivity index (χ3n) is 16.8. The molecule has 588 valence electrons. The van der Waals surface area contributed by atoms with E-state index in [1.54, 1.807) is 0 Å². The fourth-order valence-electron chi connectivity index (χ4n) is 10.6. The number of allylic oxidation sites excluding steroid dienone is 18. The molecule has 0 aromatic carbocycles. The van der Waals surface area contributed by atoms with Crippen molar-refractivity contribution in [2.24, 2.45) is 0 Å². The fourth-order valence-corrected chi connectivity index (χ4v) is 12.2. The number of ether oxygens (including phenoxy) is 4. The van der Waals surface area contributed by atoms with E-state index in [1.165, 1.54) is 148 Å². The molecule has 0 heterocycles. The Hall–Kier alpha value is -4.28. The minimum Gasteiger partial charge on any atom is -0.462 e. The van der Waals surface area contributed by atoms with E-state index >= 15 is 0 Å². The van der Waals surface area contributed by atoms with Gasteiger partial charge in [0.1, 0.15) is 19.3 Å². The molecule has 0 radical (unpaired) electrons. The van der Waals surface area contributed by atoms with Gasteiger partial charge in [-0.15, -0.1) is 0 Å². The van der Waals surface area contributed by atoms with E-state index in [0.717, 1.165) is 96.3 Å². The Balaban J connectivity index is 5.46. The molecule has 0 saturated heterocycles. The quantitative estimate of drug-likeness (QED) is 0.0169. The van der Waals surface area contributed by atoms with Gasteiger partial charge in [0.2, 0.25) is 0 Å². The lowest BCUT2D eigenvalue weighted by atomic mass is 10.0. The van der Waals surface area contributed by atoms with Gasteiger partial charge in [-0.2, -0.15) is 0 Å². The van der Waals surface area contributed by atoms with Crippen LogP contribution in [-0.2, 0) is 65.4 Å². The molecular weight excluding hydrogens is 1330 g/mol. The van der Waals surface area contributed by atoms with Crippen LogP contribution in [0.1, 0.15) is 336 Å². The maximum atomic E-state index is 13.1. The normalized spacial score (nSPS) is 14.5. The zero-order valence-corrected chi connectivity index (χ0v) is 66.0. The Morgan fingerprint density at radius 2 is 0.510 bits per heavy atom. The third-order valence-corrected chi connectivity index (χ3v) is 18.7. The lowest BCUT2D eigenvalue weighted by molar-refractivity contribution is -0.161. The van der Waals surface area contributed by atoms with Gasteiger partial charge in [-0.25, -0.2) is 9.13 Å². The van der Waals surface area contributed by atoms with Gasteiger partial charge in [0.05, 0.1) is 26.4 Å². The summed E-state index contributed by atoms with van der Waals surface area (Å²) in [5.41, 5.74) is 0. The van der Waals surface area contributed by atoms with Crippen LogP contribution in [0.4, 0.5) is 0 Å². The van der Waals surface area contributed by atoms with Gasteiger partial charge < -0.3 is 33.8 Å². The average molecular weight is 1480 g/mol. The number of unbranched alkanes of at least 4 members (excludes halogenated alkanes) is 31. The molecule has 0 aliphatic carbocycles. The number of carbonyl (C=O) groups excluding carboxylic acids is 4. The molecule has 17 nitrogen and oxygen atoms in total. The second-order valence-corrected chi connectivity index (χ2v) is 29.6. The molecule has 0 saturated carbocycles. The summed E-state index contributed by atoms with van der Waals surface area (Å²) in [5, 5.41) is 10.6. The van der Waals surface area contributed by atoms with Crippen molar-refractivity contribution >= 4 is 39.5 Å². The molecule has 5 atom stereocenters. The van der Waals surface area contributed by atoms with Crippen LogP contribution in [0.25, 0.3) is 0 Å². The molecule has 3 N–H and O–H groups in total. The Morgan fingerprint density at radius 3 is 0.824 bits per heavy atom. The third kappa shape index (κ3) is 74.0. The second-order valence-electron chi connectivity index (χ2n) is 26.7. The van der Waals surface area contributed by atoms with E-state index in [2.05, 4.69) is 107 Å². The Kier molecular flexibility index (Phi) is 71.8. The summed E-state index contributed by atoms with van der Waals surface area (Å²) < 4.78 is 68.4. The number of aliphatic hydroxyl groups excluding tert-OH is 1. The molecule has 19 heteroatoms. The average Bonchev–Trinajstić information content (AvgIpc) is 1.04. The molecule has 0 fully saturated rings. The lowest BCUT2D eigenvalue weighted by Crippen LogP contribution is -2.30. The van der Waals surface area contributed by atoms with Gasteiger partial charge in [0.15, 0.2) is 12.2 Å². The van der Waals surface area contributed by atoms with Gasteiger partial charge in [-0.3, -0.25) is 37.3 Å². The van der Waals surface area contributed by atoms with Crippen molar-refractivity contribution in [2.75, 3.05) is 39.6 Å². The minimum atomic E-state index is -5.00. The summed E-state index contributed by atoms with van der Waals surface area (Å²) in [4.78, 5) is 72.9.